The first-order chi connectivity index (χ1) is 6.91. The number of rotatable bonds is 5. The molecule has 15 heavy (non-hydrogen) atoms. The summed E-state index contributed by atoms with van der Waals surface area (Å²) in [6, 6.07) is 0. The lowest BCUT2D eigenvalue weighted by Gasteiger charge is -2.15. The van der Waals surface area contributed by atoms with Crippen LogP contribution in [0.4, 0.5) is 14.4 Å². The van der Waals surface area contributed by atoms with Crippen LogP contribution >= 0.6 is 0 Å². The summed E-state index contributed by atoms with van der Waals surface area (Å²) in [6.45, 7) is -0.767. The molecule has 9 heteroatoms. The molecule has 0 fully saturated rings. The molecule has 0 saturated carbocycles. The van der Waals surface area contributed by atoms with Crippen LogP contribution in [0.3, 0.4) is 0 Å². The van der Waals surface area contributed by atoms with Crippen molar-refractivity contribution in [3.63, 3.8) is 0 Å². The van der Waals surface area contributed by atoms with Gasteiger partial charge in [0.05, 0.1) is 0 Å². The fourth-order valence-electron chi connectivity index (χ4n) is 0.631. The molecule has 0 aliphatic carbocycles. The molecule has 0 spiro atoms. The van der Waals surface area contributed by atoms with Gasteiger partial charge in [0, 0.05) is 0 Å². The van der Waals surface area contributed by atoms with Gasteiger partial charge in [-0.1, -0.05) is 0 Å². The van der Waals surface area contributed by atoms with Crippen molar-refractivity contribution in [2.75, 3.05) is 13.2 Å². The van der Waals surface area contributed by atoms with Crippen LogP contribution < -0.4 is 17.2 Å². The van der Waals surface area contributed by atoms with E-state index in [0.29, 0.717) is 0 Å². The van der Waals surface area contributed by atoms with Crippen LogP contribution in [-0.2, 0) is 14.2 Å². The van der Waals surface area contributed by atoms with Crippen LogP contribution in [0.25, 0.3) is 0 Å². The lowest BCUT2D eigenvalue weighted by molar-refractivity contribution is 0.0141. The molecule has 0 saturated heterocycles. The summed E-state index contributed by atoms with van der Waals surface area (Å²) in [5, 5.41) is 0. The predicted molar refractivity (Wildman–Crippen MR) is 45.5 cm³/mol. The topological polar surface area (TPSA) is 157 Å². The molecule has 0 unspecified atom stereocenters. The van der Waals surface area contributed by atoms with E-state index in [9.17, 15) is 14.4 Å². The fraction of sp³-hybridized carbons (Fsp3) is 0.500. The summed E-state index contributed by atoms with van der Waals surface area (Å²) < 4.78 is 13.0. The SMILES string of the molecule is NC(=O)OCC(COC(N)=O)OC(N)=O. The number of amides is 3. The molecular weight excluding hydrogens is 210 g/mol. The monoisotopic (exact) mass is 221 g/mol. The van der Waals surface area contributed by atoms with Gasteiger partial charge in [0.25, 0.3) is 0 Å². The minimum atomic E-state index is -1.11. The second-order valence-corrected chi connectivity index (χ2v) is 2.32. The van der Waals surface area contributed by atoms with Crippen LogP contribution in [-0.4, -0.2) is 37.6 Å². The first-order valence-corrected chi connectivity index (χ1v) is 3.72. The number of hydrogen-bond acceptors (Lipinski definition) is 6. The fourth-order valence-corrected chi connectivity index (χ4v) is 0.631. The highest BCUT2D eigenvalue weighted by atomic mass is 16.6. The molecule has 0 atom stereocenters. The Bertz CT molecular complexity index is 237. The lowest BCUT2D eigenvalue weighted by atomic mass is 10.4. The van der Waals surface area contributed by atoms with Gasteiger partial charge in [-0.25, -0.2) is 14.4 Å². The average Bonchev–Trinajstić information content (AvgIpc) is 2.08. The highest BCUT2D eigenvalue weighted by Gasteiger charge is 2.16. The third kappa shape index (κ3) is 8.15. The summed E-state index contributed by atoms with van der Waals surface area (Å²) in [4.78, 5) is 30.8. The largest absolute Gasteiger partial charge is 0.446 e. The van der Waals surface area contributed by atoms with E-state index in [-0.39, 0.29) is 13.2 Å². The number of nitrogens with two attached hydrogens (primary N) is 3. The Morgan fingerprint density at radius 3 is 1.53 bits per heavy atom. The minimum Gasteiger partial charge on any atom is -0.446 e. The van der Waals surface area contributed by atoms with E-state index in [2.05, 4.69) is 25.7 Å². The summed E-state index contributed by atoms with van der Waals surface area (Å²) in [6.07, 6.45) is -4.28. The van der Waals surface area contributed by atoms with Crippen LogP contribution in [0.15, 0.2) is 0 Å². The molecule has 0 heterocycles. The van der Waals surface area contributed by atoms with E-state index in [1.807, 2.05) is 0 Å². The van der Waals surface area contributed by atoms with Crippen molar-refractivity contribution in [1.29, 1.82) is 0 Å². The molecular formula is C6H11N3O6. The van der Waals surface area contributed by atoms with Crippen molar-refractivity contribution < 1.29 is 28.6 Å². The Kier molecular flexibility index (Phi) is 5.37. The zero-order valence-electron chi connectivity index (χ0n) is 7.67. The van der Waals surface area contributed by atoms with Crippen molar-refractivity contribution in [3.8, 4) is 0 Å². The molecule has 0 radical (unpaired) electrons. The second kappa shape index (κ2) is 6.29. The summed E-state index contributed by atoms with van der Waals surface area (Å²) in [5.74, 6) is 0. The zero-order chi connectivity index (χ0) is 11.8. The molecule has 0 aromatic heterocycles. The minimum absolute atomic E-state index is 0.383. The molecule has 0 aromatic carbocycles. The molecule has 0 aliphatic rings. The van der Waals surface area contributed by atoms with Crippen molar-refractivity contribution in [2.45, 2.75) is 6.10 Å². The third-order valence-corrected chi connectivity index (χ3v) is 1.11. The first kappa shape index (κ1) is 12.8. The maximum atomic E-state index is 10.4. The Hall–Kier alpha value is -2.19. The van der Waals surface area contributed by atoms with Crippen molar-refractivity contribution >= 4 is 18.3 Å². The van der Waals surface area contributed by atoms with Gasteiger partial charge >= 0.3 is 18.3 Å². The molecule has 3 amide bonds. The highest BCUT2D eigenvalue weighted by molar-refractivity contribution is 5.66. The maximum absolute atomic E-state index is 10.4. The number of carbonyl (C=O) groups excluding carboxylic acids is 3. The van der Waals surface area contributed by atoms with Gasteiger partial charge in [0.2, 0.25) is 0 Å². The summed E-state index contributed by atoms with van der Waals surface area (Å²) in [5.41, 5.74) is 14.0. The Balaban J connectivity index is 3.99. The number of primary amides is 3. The van der Waals surface area contributed by atoms with Crippen LogP contribution in [0.1, 0.15) is 0 Å². The molecule has 86 valence electrons. The Morgan fingerprint density at radius 2 is 1.27 bits per heavy atom. The maximum Gasteiger partial charge on any atom is 0.405 e. The Morgan fingerprint density at radius 1 is 0.867 bits per heavy atom. The van der Waals surface area contributed by atoms with Crippen LogP contribution in [0, 0.1) is 0 Å². The van der Waals surface area contributed by atoms with Crippen molar-refractivity contribution in [2.24, 2.45) is 17.2 Å². The van der Waals surface area contributed by atoms with Gasteiger partial charge in [-0.05, 0) is 0 Å². The zero-order valence-corrected chi connectivity index (χ0v) is 7.67. The predicted octanol–water partition coefficient (Wildman–Crippen LogP) is -1.36. The summed E-state index contributed by atoms with van der Waals surface area (Å²) in [7, 11) is 0. The normalized spacial score (nSPS) is 9.40. The van der Waals surface area contributed by atoms with E-state index in [0.717, 1.165) is 0 Å². The van der Waals surface area contributed by atoms with Gasteiger partial charge in [0.15, 0.2) is 6.10 Å². The summed E-state index contributed by atoms with van der Waals surface area (Å²) >= 11 is 0. The molecule has 0 rings (SSSR count). The van der Waals surface area contributed by atoms with E-state index >= 15 is 0 Å². The van der Waals surface area contributed by atoms with Gasteiger partial charge < -0.3 is 31.4 Å². The molecule has 6 N–H and O–H groups in total. The lowest BCUT2D eigenvalue weighted by Crippen LogP contribution is -2.34. The van der Waals surface area contributed by atoms with Gasteiger partial charge in [-0.2, -0.15) is 0 Å². The van der Waals surface area contributed by atoms with Crippen LogP contribution in [0.5, 0.6) is 0 Å². The quantitative estimate of drug-likeness (QED) is 0.486. The number of carbonyl (C=O) groups is 3. The molecule has 0 bridgehead atoms. The van der Waals surface area contributed by atoms with E-state index in [4.69, 9.17) is 5.73 Å². The van der Waals surface area contributed by atoms with Gasteiger partial charge in [0.1, 0.15) is 13.2 Å². The first-order valence-electron chi connectivity index (χ1n) is 3.72. The number of ether oxygens (including phenoxy) is 3. The molecule has 0 aromatic rings. The second-order valence-electron chi connectivity index (χ2n) is 2.32. The van der Waals surface area contributed by atoms with Crippen LogP contribution in [0.2, 0.25) is 0 Å². The van der Waals surface area contributed by atoms with Gasteiger partial charge in [-0.15, -0.1) is 0 Å². The smallest absolute Gasteiger partial charge is 0.405 e. The van der Waals surface area contributed by atoms with Crippen molar-refractivity contribution in [3.05, 3.63) is 0 Å². The Labute approximate surface area is 84.4 Å². The van der Waals surface area contributed by atoms with E-state index in [1.165, 1.54) is 0 Å². The average molecular weight is 221 g/mol. The molecule has 0 aliphatic heterocycles. The van der Waals surface area contributed by atoms with Crippen molar-refractivity contribution in [1.82, 2.24) is 0 Å². The van der Waals surface area contributed by atoms with E-state index < -0.39 is 24.4 Å². The molecule has 9 nitrogen and oxygen atoms in total. The standard InChI is InChI=1S/C6H11N3O6/c7-4(10)13-1-3(15-6(9)12)2-14-5(8)11/h3H,1-2H2,(H2,7,10)(H2,8,11)(H2,9,12). The van der Waals surface area contributed by atoms with Gasteiger partial charge in [-0.3, -0.25) is 0 Å². The number of hydrogen-bond donors (Lipinski definition) is 3. The van der Waals surface area contributed by atoms with E-state index in [1.54, 1.807) is 0 Å². The highest BCUT2D eigenvalue weighted by Crippen LogP contribution is 1.95. The third-order valence-electron chi connectivity index (χ3n) is 1.11.